The van der Waals surface area contributed by atoms with E-state index in [1.54, 1.807) is 24.0 Å². The molecule has 0 aliphatic carbocycles. The van der Waals surface area contributed by atoms with E-state index in [0.29, 0.717) is 12.2 Å². The summed E-state index contributed by atoms with van der Waals surface area (Å²) in [4.78, 5) is 21.8. The maximum Gasteiger partial charge on any atom is 0.330 e. The average Bonchev–Trinajstić information content (AvgIpc) is 2.92. The lowest BCUT2D eigenvalue weighted by Crippen LogP contribution is -2.27. The maximum atomic E-state index is 12.8. The number of fused-ring (bicyclic) bond motifs is 1. The number of benzene rings is 1. The highest BCUT2D eigenvalue weighted by atomic mass is 16.1. The molecule has 0 unspecified atom stereocenters. The van der Waals surface area contributed by atoms with Crippen LogP contribution in [0.15, 0.2) is 59.7 Å². The average molecular weight is 386 g/mol. The van der Waals surface area contributed by atoms with Crippen LogP contribution in [0.5, 0.6) is 0 Å². The van der Waals surface area contributed by atoms with Gasteiger partial charge < -0.3 is 0 Å². The van der Waals surface area contributed by atoms with Gasteiger partial charge in [-0.1, -0.05) is 32.9 Å². The van der Waals surface area contributed by atoms with E-state index in [2.05, 4.69) is 50.9 Å². The fraction of sp³-hybridized carbons (Fsp3) is 0.292. The molecule has 1 aromatic carbocycles. The zero-order valence-electron chi connectivity index (χ0n) is 17.6. The number of nitrogens with zero attached hydrogens (tertiary/aromatic N) is 4. The molecule has 0 aliphatic heterocycles. The molecule has 0 saturated carbocycles. The number of hydrogen-bond acceptors (Lipinski definition) is 3. The molecule has 0 atom stereocenters. The van der Waals surface area contributed by atoms with Crippen molar-refractivity contribution in [1.82, 2.24) is 19.1 Å². The number of pyridine rings is 2. The van der Waals surface area contributed by atoms with Crippen LogP contribution in [-0.2, 0) is 13.6 Å². The summed E-state index contributed by atoms with van der Waals surface area (Å²) < 4.78 is 3.47. The van der Waals surface area contributed by atoms with E-state index < -0.39 is 0 Å². The third-order valence-electron chi connectivity index (χ3n) is 5.14. The second kappa shape index (κ2) is 6.99. The molecule has 3 aromatic heterocycles. The lowest BCUT2D eigenvalue weighted by atomic mass is 9.97. The Morgan fingerprint density at radius 1 is 0.966 bits per heavy atom. The normalized spacial score (nSPS) is 11.9. The van der Waals surface area contributed by atoms with Crippen LogP contribution in [0.1, 0.15) is 26.3 Å². The summed E-state index contributed by atoms with van der Waals surface area (Å²) in [5, 5.41) is 0. The van der Waals surface area contributed by atoms with Crippen molar-refractivity contribution in [3.8, 4) is 22.4 Å². The first-order valence-electron chi connectivity index (χ1n) is 9.82. The molecule has 4 rings (SSSR count). The minimum absolute atomic E-state index is 0.00619. The highest BCUT2D eigenvalue weighted by Crippen LogP contribution is 2.29. The van der Waals surface area contributed by atoms with Gasteiger partial charge in [-0.15, -0.1) is 0 Å². The standard InChI is InChI=1S/C24H26N4O/c1-16-6-7-18(17-10-12-25-13-11-17)14-19(16)20-8-9-21-22(26-20)27(5)23(29)28(21)15-24(2,3)4/h6-14H,15H2,1-5H3. The maximum absolute atomic E-state index is 12.8. The van der Waals surface area contributed by atoms with E-state index in [0.717, 1.165) is 33.5 Å². The van der Waals surface area contributed by atoms with E-state index >= 15 is 0 Å². The van der Waals surface area contributed by atoms with Crippen molar-refractivity contribution in [2.24, 2.45) is 12.5 Å². The van der Waals surface area contributed by atoms with Crippen LogP contribution in [0, 0.1) is 12.3 Å². The Labute approximate surface area is 170 Å². The van der Waals surface area contributed by atoms with Gasteiger partial charge in [0.05, 0.1) is 11.2 Å². The first-order chi connectivity index (χ1) is 13.7. The molecule has 5 heteroatoms. The van der Waals surface area contributed by atoms with Crippen LogP contribution in [0.4, 0.5) is 0 Å². The monoisotopic (exact) mass is 386 g/mol. The highest BCUT2D eigenvalue weighted by molar-refractivity contribution is 5.79. The molecule has 4 aromatic rings. The molecule has 3 heterocycles. The molecule has 0 bridgehead atoms. The fourth-order valence-electron chi connectivity index (χ4n) is 3.67. The molecular formula is C24H26N4O. The number of hydrogen-bond donors (Lipinski definition) is 0. The third kappa shape index (κ3) is 3.60. The van der Waals surface area contributed by atoms with Gasteiger partial charge in [0.15, 0.2) is 5.65 Å². The van der Waals surface area contributed by atoms with Crippen LogP contribution in [0.3, 0.4) is 0 Å². The van der Waals surface area contributed by atoms with Gasteiger partial charge >= 0.3 is 5.69 Å². The molecule has 0 amide bonds. The molecule has 0 spiro atoms. The molecule has 0 aliphatic rings. The van der Waals surface area contributed by atoms with Crippen molar-refractivity contribution in [1.29, 1.82) is 0 Å². The lowest BCUT2D eigenvalue weighted by molar-refractivity contribution is 0.342. The van der Waals surface area contributed by atoms with Crippen LogP contribution in [0.2, 0.25) is 0 Å². The van der Waals surface area contributed by atoms with Crippen molar-refractivity contribution in [3.05, 3.63) is 70.9 Å². The zero-order chi connectivity index (χ0) is 20.8. The first-order valence-corrected chi connectivity index (χ1v) is 9.82. The van der Waals surface area contributed by atoms with Crippen LogP contribution >= 0.6 is 0 Å². The second-order valence-electron chi connectivity index (χ2n) is 8.79. The highest BCUT2D eigenvalue weighted by Gasteiger charge is 2.19. The fourth-order valence-corrected chi connectivity index (χ4v) is 3.67. The quantitative estimate of drug-likeness (QED) is 0.507. The van der Waals surface area contributed by atoms with Gasteiger partial charge in [-0.3, -0.25) is 14.1 Å². The van der Waals surface area contributed by atoms with Gasteiger partial charge in [-0.25, -0.2) is 9.78 Å². The van der Waals surface area contributed by atoms with E-state index in [9.17, 15) is 4.79 Å². The Kier molecular flexibility index (Phi) is 4.61. The zero-order valence-corrected chi connectivity index (χ0v) is 17.6. The Bertz CT molecular complexity index is 1240. The summed E-state index contributed by atoms with van der Waals surface area (Å²) >= 11 is 0. The molecule has 0 saturated heterocycles. The lowest BCUT2D eigenvalue weighted by Gasteiger charge is -2.18. The van der Waals surface area contributed by atoms with Crippen LogP contribution < -0.4 is 5.69 Å². The summed E-state index contributed by atoms with van der Waals surface area (Å²) in [5.74, 6) is 0. The Hall–Kier alpha value is -3.21. The molecule has 0 radical (unpaired) electrons. The van der Waals surface area contributed by atoms with Gasteiger partial charge in [-0.05, 0) is 59.4 Å². The SMILES string of the molecule is Cc1ccc(-c2ccncc2)cc1-c1ccc2c(n1)n(C)c(=O)n2CC(C)(C)C. The molecule has 29 heavy (non-hydrogen) atoms. The first kappa shape index (κ1) is 19.1. The Morgan fingerprint density at radius 3 is 2.38 bits per heavy atom. The molecular weight excluding hydrogens is 360 g/mol. The summed E-state index contributed by atoms with van der Waals surface area (Å²) in [6, 6.07) is 14.4. The minimum Gasteiger partial charge on any atom is -0.290 e. The predicted molar refractivity (Wildman–Crippen MR) is 118 cm³/mol. The molecule has 148 valence electrons. The topological polar surface area (TPSA) is 52.7 Å². The van der Waals surface area contributed by atoms with Crippen molar-refractivity contribution >= 4 is 11.2 Å². The Balaban J connectivity index is 1.86. The number of aromatic nitrogens is 4. The predicted octanol–water partition coefficient (Wildman–Crippen LogP) is 4.82. The molecule has 0 N–H and O–H groups in total. The third-order valence-corrected chi connectivity index (χ3v) is 5.14. The van der Waals surface area contributed by atoms with Crippen LogP contribution in [-0.4, -0.2) is 19.1 Å². The van der Waals surface area contributed by atoms with Gasteiger partial charge in [0, 0.05) is 31.5 Å². The summed E-state index contributed by atoms with van der Waals surface area (Å²) in [6.07, 6.45) is 3.60. The molecule has 0 fully saturated rings. The number of aryl methyl sites for hydroxylation is 2. The van der Waals surface area contributed by atoms with Gasteiger partial charge in [0.1, 0.15) is 0 Å². The van der Waals surface area contributed by atoms with Crippen molar-refractivity contribution in [3.63, 3.8) is 0 Å². The minimum atomic E-state index is -0.0261. The van der Waals surface area contributed by atoms with Crippen LogP contribution in [0.25, 0.3) is 33.5 Å². The van der Waals surface area contributed by atoms with Crippen molar-refractivity contribution in [2.45, 2.75) is 34.2 Å². The number of imidazole rings is 1. The van der Waals surface area contributed by atoms with Gasteiger partial charge in [-0.2, -0.15) is 0 Å². The Morgan fingerprint density at radius 2 is 1.69 bits per heavy atom. The summed E-state index contributed by atoms with van der Waals surface area (Å²) in [7, 11) is 1.79. The molecule has 5 nitrogen and oxygen atoms in total. The van der Waals surface area contributed by atoms with Crippen molar-refractivity contribution in [2.75, 3.05) is 0 Å². The smallest absolute Gasteiger partial charge is 0.290 e. The largest absolute Gasteiger partial charge is 0.330 e. The van der Waals surface area contributed by atoms with Gasteiger partial charge in [0.25, 0.3) is 0 Å². The van der Waals surface area contributed by atoms with Gasteiger partial charge in [0.2, 0.25) is 0 Å². The van der Waals surface area contributed by atoms with E-state index in [4.69, 9.17) is 4.98 Å². The summed E-state index contributed by atoms with van der Waals surface area (Å²) in [6.45, 7) is 9.14. The van der Waals surface area contributed by atoms with E-state index in [1.165, 1.54) is 0 Å². The van der Waals surface area contributed by atoms with E-state index in [1.807, 2.05) is 28.8 Å². The van der Waals surface area contributed by atoms with E-state index in [-0.39, 0.29) is 11.1 Å². The number of rotatable bonds is 3. The summed E-state index contributed by atoms with van der Waals surface area (Å²) in [5.41, 5.74) is 6.89. The van der Waals surface area contributed by atoms with Crippen molar-refractivity contribution < 1.29 is 0 Å². The second-order valence-corrected chi connectivity index (χ2v) is 8.79.